The van der Waals surface area contributed by atoms with Gasteiger partial charge in [-0.15, -0.1) is 0 Å². The highest BCUT2D eigenvalue weighted by atomic mass is 35.5. The van der Waals surface area contributed by atoms with E-state index in [2.05, 4.69) is 28.4 Å². The summed E-state index contributed by atoms with van der Waals surface area (Å²) < 4.78 is 12.7. The molecule has 0 bridgehead atoms. The van der Waals surface area contributed by atoms with Crippen LogP contribution in [0.5, 0.6) is 0 Å². The lowest BCUT2D eigenvalue weighted by atomic mass is 9.77. The largest absolute Gasteiger partial charge is 0.394 e. The zero-order valence-electron chi connectivity index (χ0n) is 17.8. The summed E-state index contributed by atoms with van der Waals surface area (Å²) in [4.78, 5) is 8.22. The van der Waals surface area contributed by atoms with Gasteiger partial charge < -0.3 is 15.3 Å². The van der Waals surface area contributed by atoms with Crippen molar-refractivity contribution in [2.75, 3.05) is 35.7 Å². The Morgan fingerprint density at radius 3 is 2.71 bits per heavy atom. The van der Waals surface area contributed by atoms with Crippen molar-refractivity contribution >= 4 is 34.0 Å². The highest BCUT2D eigenvalue weighted by molar-refractivity contribution is 7.85. The van der Waals surface area contributed by atoms with Gasteiger partial charge in [0.1, 0.15) is 11.6 Å². The Morgan fingerprint density at radius 2 is 2.00 bits per heavy atom. The third-order valence-electron chi connectivity index (χ3n) is 7.21. The lowest BCUT2D eigenvalue weighted by Gasteiger charge is -2.42. The van der Waals surface area contributed by atoms with E-state index in [0.717, 1.165) is 85.2 Å². The summed E-state index contributed by atoms with van der Waals surface area (Å²) in [5.74, 6) is 2.91. The maximum atomic E-state index is 12.7. The Labute approximate surface area is 191 Å². The van der Waals surface area contributed by atoms with Gasteiger partial charge in [0.15, 0.2) is 0 Å². The van der Waals surface area contributed by atoms with Crippen molar-refractivity contribution in [1.82, 2.24) is 4.98 Å². The van der Waals surface area contributed by atoms with E-state index in [1.807, 2.05) is 12.1 Å². The third-order valence-corrected chi connectivity index (χ3v) is 8.95. The zero-order chi connectivity index (χ0) is 21.4. The summed E-state index contributed by atoms with van der Waals surface area (Å²) in [7, 11) is -1.01. The van der Waals surface area contributed by atoms with E-state index in [0.29, 0.717) is 11.7 Å². The Kier molecular flexibility index (Phi) is 5.97. The van der Waals surface area contributed by atoms with Gasteiger partial charge in [-0.25, -0.2) is 4.98 Å². The molecule has 1 saturated heterocycles. The van der Waals surface area contributed by atoms with Crippen LogP contribution >= 0.6 is 11.6 Å². The van der Waals surface area contributed by atoms with Gasteiger partial charge in [0, 0.05) is 23.9 Å². The maximum Gasteiger partial charge on any atom is 0.145 e. The van der Waals surface area contributed by atoms with Crippen molar-refractivity contribution in [1.29, 1.82) is 0 Å². The molecule has 1 aromatic heterocycles. The van der Waals surface area contributed by atoms with E-state index in [9.17, 15) is 9.32 Å². The number of fused-ring (bicyclic) bond motifs is 1. The fourth-order valence-electron chi connectivity index (χ4n) is 5.13. The number of nitrogens with one attached hydrogen (secondary N) is 1. The number of aliphatic hydroxyl groups is 1. The molecule has 0 radical (unpaired) electrons. The normalized spacial score (nSPS) is 24.9. The number of aryl methyl sites for hydroxylation is 1. The molecule has 5 rings (SSSR count). The lowest BCUT2D eigenvalue weighted by Crippen LogP contribution is -2.48. The van der Waals surface area contributed by atoms with Gasteiger partial charge in [-0.05, 0) is 80.2 Å². The Balaban J connectivity index is 1.39. The molecule has 7 heteroatoms. The average Bonchev–Trinajstić information content (AvgIpc) is 2.97. The minimum atomic E-state index is -1.01. The van der Waals surface area contributed by atoms with Crippen LogP contribution in [0.25, 0.3) is 0 Å². The molecule has 31 heavy (non-hydrogen) atoms. The fourth-order valence-corrected chi connectivity index (χ4v) is 6.63. The SMILES string of the molecule is O=S1CCc2cc(N3CCCC(c4ccc(Cl)cc4)CC3)nc(NC3(CO)CCC3)c21. The first-order valence-corrected chi connectivity index (χ1v) is 13.1. The van der Waals surface area contributed by atoms with E-state index in [-0.39, 0.29) is 12.1 Å². The topological polar surface area (TPSA) is 65.5 Å². The molecule has 166 valence electrons. The van der Waals surface area contributed by atoms with E-state index in [1.165, 1.54) is 5.56 Å². The molecule has 3 heterocycles. The van der Waals surface area contributed by atoms with Crippen LogP contribution in [0.4, 0.5) is 11.6 Å². The first kappa shape index (κ1) is 21.2. The van der Waals surface area contributed by atoms with E-state index in [1.54, 1.807) is 0 Å². The summed E-state index contributed by atoms with van der Waals surface area (Å²) >= 11 is 6.07. The number of anilines is 2. The number of hydrogen-bond donors (Lipinski definition) is 2. The number of nitrogens with zero attached hydrogens (tertiary/aromatic N) is 2. The molecule has 2 N–H and O–H groups in total. The van der Waals surface area contributed by atoms with Crippen molar-refractivity contribution in [3.8, 4) is 0 Å². The number of aliphatic hydroxyl groups excluding tert-OH is 1. The first-order valence-electron chi connectivity index (χ1n) is 11.4. The summed E-state index contributed by atoms with van der Waals surface area (Å²) in [6.45, 7) is 2.02. The molecule has 1 saturated carbocycles. The molecule has 2 aliphatic heterocycles. The van der Waals surface area contributed by atoms with Gasteiger partial charge in [-0.1, -0.05) is 23.7 Å². The Hall–Kier alpha value is -1.63. The fraction of sp³-hybridized carbons (Fsp3) is 0.542. The molecule has 2 unspecified atom stereocenters. The first-order chi connectivity index (χ1) is 15.1. The van der Waals surface area contributed by atoms with Crippen LogP contribution in [0.1, 0.15) is 55.6 Å². The van der Waals surface area contributed by atoms with Gasteiger partial charge >= 0.3 is 0 Å². The molecule has 5 nitrogen and oxygen atoms in total. The third kappa shape index (κ3) is 4.22. The second kappa shape index (κ2) is 8.72. The minimum Gasteiger partial charge on any atom is -0.394 e. The minimum absolute atomic E-state index is 0.0901. The predicted octanol–water partition coefficient (Wildman–Crippen LogP) is 4.50. The summed E-state index contributed by atoms with van der Waals surface area (Å²) in [6.07, 6.45) is 7.16. The molecule has 3 aliphatic rings. The van der Waals surface area contributed by atoms with Crippen molar-refractivity contribution in [3.05, 3.63) is 46.5 Å². The molecule has 0 amide bonds. The van der Waals surface area contributed by atoms with Gasteiger partial charge in [0.2, 0.25) is 0 Å². The van der Waals surface area contributed by atoms with Crippen LogP contribution in [-0.4, -0.2) is 45.3 Å². The second-order valence-corrected chi connectivity index (χ2v) is 11.1. The monoisotopic (exact) mass is 459 g/mol. The van der Waals surface area contributed by atoms with Crippen LogP contribution in [0.2, 0.25) is 5.02 Å². The number of aromatic nitrogens is 1. The standard InChI is InChI=1S/C24H30ClN3O2S/c25-20-6-4-18(5-7-20)17-3-1-12-28(13-8-17)21-15-19-9-14-31(30)22(19)23(26-21)27-24(16-29)10-2-11-24/h4-7,15,17,29H,1-3,8-14,16H2,(H,26,27). The lowest BCUT2D eigenvalue weighted by molar-refractivity contribution is 0.143. The van der Waals surface area contributed by atoms with Crippen molar-refractivity contribution in [3.63, 3.8) is 0 Å². The highest BCUT2D eigenvalue weighted by Gasteiger charge is 2.38. The number of rotatable bonds is 5. The summed E-state index contributed by atoms with van der Waals surface area (Å²) in [6, 6.07) is 10.4. The average molecular weight is 460 g/mol. The van der Waals surface area contributed by atoms with Crippen LogP contribution in [0.15, 0.2) is 35.2 Å². The molecular formula is C24H30ClN3O2S. The summed E-state index contributed by atoms with van der Waals surface area (Å²) in [5.41, 5.74) is 2.21. The van der Waals surface area contributed by atoms with Crippen LogP contribution in [-0.2, 0) is 17.2 Å². The van der Waals surface area contributed by atoms with Crippen molar-refractivity contribution < 1.29 is 9.32 Å². The zero-order valence-corrected chi connectivity index (χ0v) is 19.4. The number of halogens is 1. The molecule has 2 aromatic rings. The smallest absolute Gasteiger partial charge is 0.145 e. The number of benzene rings is 1. The van der Waals surface area contributed by atoms with E-state index >= 15 is 0 Å². The highest BCUT2D eigenvalue weighted by Crippen LogP contribution is 2.40. The van der Waals surface area contributed by atoms with Gasteiger partial charge in [-0.2, -0.15) is 0 Å². The Morgan fingerprint density at radius 1 is 1.19 bits per heavy atom. The molecular weight excluding hydrogens is 430 g/mol. The van der Waals surface area contributed by atoms with Gasteiger partial charge in [-0.3, -0.25) is 4.21 Å². The second-order valence-electron chi connectivity index (χ2n) is 9.20. The van der Waals surface area contributed by atoms with E-state index in [4.69, 9.17) is 16.6 Å². The molecule has 1 aromatic carbocycles. The molecule has 1 aliphatic carbocycles. The van der Waals surface area contributed by atoms with Gasteiger partial charge in [0.05, 0.1) is 27.8 Å². The maximum absolute atomic E-state index is 12.7. The quantitative estimate of drug-likeness (QED) is 0.689. The molecule has 2 atom stereocenters. The van der Waals surface area contributed by atoms with Crippen LogP contribution in [0.3, 0.4) is 0 Å². The van der Waals surface area contributed by atoms with Crippen molar-refractivity contribution in [2.24, 2.45) is 0 Å². The van der Waals surface area contributed by atoms with E-state index < -0.39 is 10.8 Å². The van der Waals surface area contributed by atoms with Crippen LogP contribution in [0, 0.1) is 0 Å². The Bertz CT molecular complexity index is 972. The molecule has 2 fully saturated rings. The van der Waals surface area contributed by atoms with Crippen LogP contribution < -0.4 is 10.2 Å². The predicted molar refractivity (Wildman–Crippen MR) is 127 cm³/mol. The molecule has 0 spiro atoms. The number of pyridine rings is 1. The van der Waals surface area contributed by atoms with Crippen molar-refractivity contribution in [2.45, 2.75) is 61.3 Å². The summed E-state index contributed by atoms with van der Waals surface area (Å²) in [5, 5.41) is 14.2. The number of hydrogen-bond acceptors (Lipinski definition) is 5. The van der Waals surface area contributed by atoms with Gasteiger partial charge in [0.25, 0.3) is 0 Å².